The number of hydrogen-bond acceptors (Lipinski definition) is 6. The van der Waals surface area contributed by atoms with Crippen molar-refractivity contribution in [1.29, 1.82) is 0 Å². The van der Waals surface area contributed by atoms with Gasteiger partial charge in [0.25, 0.3) is 5.91 Å². The van der Waals surface area contributed by atoms with Crippen LogP contribution in [0.5, 0.6) is 23.0 Å². The van der Waals surface area contributed by atoms with Crippen LogP contribution in [-0.4, -0.2) is 44.9 Å². The lowest BCUT2D eigenvalue weighted by Crippen LogP contribution is -2.34. The minimum absolute atomic E-state index is 0.153. The van der Waals surface area contributed by atoms with E-state index in [0.29, 0.717) is 35.8 Å². The lowest BCUT2D eigenvalue weighted by molar-refractivity contribution is 0.0929. The molecule has 4 rings (SSSR count). The third-order valence-corrected chi connectivity index (χ3v) is 5.52. The number of aromatic nitrogens is 1. The lowest BCUT2D eigenvalue weighted by atomic mass is 10.0. The number of carbonyl (C=O) groups is 1. The van der Waals surface area contributed by atoms with Gasteiger partial charge >= 0.3 is 0 Å². The van der Waals surface area contributed by atoms with Crippen molar-refractivity contribution in [3.8, 4) is 34.3 Å². The first-order valence-corrected chi connectivity index (χ1v) is 10.3. The predicted octanol–water partition coefficient (Wildman–Crippen LogP) is 3.82. The molecule has 1 atom stereocenters. The van der Waals surface area contributed by atoms with Gasteiger partial charge in [-0.3, -0.25) is 9.78 Å². The topological polar surface area (TPSA) is 78.9 Å². The lowest BCUT2D eigenvalue weighted by Gasteiger charge is -2.16. The molecule has 0 unspecified atom stereocenters. The second-order valence-corrected chi connectivity index (χ2v) is 7.53. The number of benzene rings is 2. The highest BCUT2D eigenvalue weighted by Gasteiger charge is 2.26. The van der Waals surface area contributed by atoms with E-state index in [2.05, 4.69) is 16.4 Å². The van der Waals surface area contributed by atoms with Gasteiger partial charge in [0.1, 0.15) is 11.9 Å². The second kappa shape index (κ2) is 9.18. The van der Waals surface area contributed by atoms with Gasteiger partial charge in [0, 0.05) is 18.2 Å². The summed E-state index contributed by atoms with van der Waals surface area (Å²) in [4.78, 5) is 17.3. The fourth-order valence-corrected chi connectivity index (χ4v) is 3.95. The number of hydrogen-bond donors (Lipinski definition) is 1. The summed E-state index contributed by atoms with van der Waals surface area (Å²) in [6, 6.07) is 13.4. The first kappa shape index (κ1) is 21.5. The Kier molecular flexibility index (Phi) is 6.16. The van der Waals surface area contributed by atoms with Gasteiger partial charge in [-0.2, -0.15) is 0 Å². The van der Waals surface area contributed by atoms with Gasteiger partial charge in [-0.25, -0.2) is 0 Å². The van der Waals surface area contributed by atoms with Crippen molar-refractivity contribution in [2.24, 2.45) is 0 Å². The number of carbonyl (C=O) groups excluding carboxylic acids is 1. The van der Waals surface area contributed by atoms with Gasteiger partial charge in [0.2, 0.25) is 5.75 Å². The fourth-order valence-electron chi connectivity index (χ4n) is 3.95. The monoisotopic (exact) mass is 434 g/mol. The van der Waals surface area contributed by atoms with E-state index in [1.165, 1.54) is 21.3 Å². The van der Waals surface area contributed by atoms with E-state index >= 15 is 0 Å². The van der Waals surface area contributed by atoms with Gasteiger partial charge in [-0.05, 0) is 54.4 Å². The molecule has 1 amide bonds. The smallest absolute Gasteiger partial charge is 0.255 e. The molecular weight excluding hydrogens is 408 g/mol. The molecule has 7 nitrogen and oxygen atoms in total. The number of fused-ring (bicyclic) bond motifs is 1. The van der Waals surface area contributed by atoms with E-state index in [1.54, 1.807) is 18.3 Å². The van der Waals surface area contributed by atoms with E-state index in [-0.39, 0.29) is 12.0 Å². The Balaban J connectivity index is 1.45. The summed E-state index contributed by atoms with van der Waals surface area (Å²) in [6.07, 6.45) is 2.35. The number of pyridine rings is 1. The zero-order valence-electron chi connectivity index (χ0n) is 18.6. The van der Waals surface area contributed by atoms with E-state index in [9.17, 15) is 4.79 Å². The highest BCUT2D eigenvalue weighted by Crippen LogP contribution is 2.39. The summed E-state index contributed by atoms with van der Waals surface area (Å²) in [7, 11) is 4.53. The van der Waals surface area contributed by atoms with Crippen molar-refractivity contribution in [3.63, 3.8) is 0 Å². The highest BCUT2D eigenvalue weighted by molar-refractivity contribution is 5.98. The molecule has 0 radical (unpaired) electrons. The molecule has 2 heterocycles. The molecule has 1 N–H and O–H groups in total. The molecule has 0 aliphatic carbocycles. The van der Waals surface area contributed by atoms with Crippen LogP contribution in [0.1, 0.15) is 21.5 Å². The molecule has 2 aromatic carbocycles. The predicted molar refractivity (Wildman–Crippen MR) is 121 cm³/mol. The zero-order valence-corrected chi connectivity index (χ0v) is 18.6. The molecule has 1 aliphatic rings. The third-order valence-electron chi connectivity index (χ3n) is 5.52. The summed E-state index contributed by atoms with van der Waals surface area (Å²) < 4.78 is 22.1. The van der Waals surface area contributed by atoms with Gasteiger partial charge in [0.15, 0.2) is 11.5 Å². The number of ether oxygens (including phenoxy) is 4. The first-order chi connectivity index (χ1) is 15.5. The van der Waals surface area contributed by atoms with Crippen LogP contribution >= 0.6 is 0 Å². The Morgan fingerprint density at radius 3 is 2.62 bits per heavy atom. The molecular formula is C25H26N2O5. The second-order valence-electron chi connectivity index (χ2n) is 7.53. The Labute approximate surface area is 187 Å². The van der Waals surface area contributed by atoms with Crippen molar-refractivity contribution in [3.05, 3.63) is 65.4 Å². The van der Waals surface area contributed by atoms with Gasteiger partial charge < -0.3 is 24.3 Å². The fraction of sp³-hybridized carbons (Fsp3) is 0.280. The zero-order chi connectivity index (χ0) is 22.7. The number of amides is 1. The number of nitrogens with zero attached hydrogens (tertiary/aromatic N) is 1. The molecule has 1 aliphatic heterocycles. The van der Waals surface area contributed by atoms with E-state index < -0.39 is 0 Å². The highest BCUT2D eigenvalue weighted by atomic mass is 16.5. The Hall–Kier alpha value is -3.74. The average Bonchev–Trinajstić information content (AvgIpc) is 3.23. The van der Waals surface area contributed by atoms with Crippen LogP contribution in [-0.2, 0) is 6.42 Å². The van der Waals surface area contributed by atoms with Gasteiger partial charge in [-0.15, -0.1) is 0 Å². The number of nitrogens with one attached hydrogen (secondary N) is 1. The number of aryl methyl sites for hydroxylation is 1. The molecule has 0 saturated carbocycles. The summed E-state index contributed by atoms with van der Waals surface area (Å²) in [6.45, 7) is 2.41. The van der Waals surface area contributed by atoms with Gasteiger partial charge in [-0.1, -0.05) is 6.07 Å². The molecule has 0 bridgehead atoms. The maximum atomic E-state index is 12.8. The van der Waals surface area contributed by atoms with Crippen molar-refractivity contribution in [2.75, 3.05) is 27.9 Å². The molecule has 0 spiro atoms. The van der Waals surface area contributed by atoms with E-state index in [4.69, 9.17) is 18.9 Å². The van der Waals surface area contributed by atoms with Crippen LogP contribution in [0.25, 0.3) is 11.3 Å². The standard InChI is InChI=1S/C25H26N2O5/c1-15-6-5-11-26-22(15)16-7-9-20-17(12-16)13-18(32-20)14-27-25(28)19-8-10-21(29-2)24(31-4)23(19)30-3/h5-12,18H,13-14H2,1-4H3,(H,27,28)/t18-/m1/s1. The van der Waals surface area contributed by atoms with Crippen LogP contribution in [0.3, 0.4) is 0 Å². The summed E-state index contributed by atoms with van der Waals surface area (Å²) in [5.74, 6) is 1.77. The SMILES string of the molecule is COc1ccc(C(=O)NC[C@H]2Cc3cc(-c4ncccc4C)ccc3O2)c(OC)c1OC. The first-order valence-electron chi connectivity index (χ1n) is 10.3. The van der Waals surface area contributed by atoms with Crippen molar-refractivity contribution < 1.29 is 23.7 Å². The molecule has 166 valence electrons. The third kappa shape index (κ3) is 4.06. The minimum Gasteiger partial charge on any atom is -0.493 e. The van der Waals surface area contributed by atoms with Crippen molar-refractivity contribution in [2.45, 2.75) is 19.4 Å². The average molecular weight is 434 g/mol. The van der Waals surface area contributed by atoms with E-state index in [1.807, 2.05) is 31.2 Å². The molecule has 7 heteroatoms. The van der Waals surface area contributed by atoms with Gasteiger partial charge in [0.05, 0.1) is 39.1 Å². The van der Waals surface area contributed by atoms with Crippen LogP contribution in [0, 0.1) is 6.92 Å². The summed E-state index contributed by atoms with van der Waals surface area (Å²) >= 11 is 0. The Bertz CT molecular complexity index is 1150. The largest absolute Gasteiger partial charge is 0.493 e. The van der Waals surface area contributed by atoms with Crippen molar-refractivity contribution in [1.82, 2.24) is 10.3 Å². The molecule has 0 fully saturated rings. The maximum absolute atomic E-state index is 12.8. The summed E-state index contributed by atoms with van der Waals surface area (Å²) in [5.41, 5.74) is 4.63. The van der Waals surface area contributed by atoms with Crippen molar-refractivity contribution >= 4 is 5.91 Å². The maximum Gasteiger partial charge on any atom is 0.255 e. The number of rotatable bonds is 7. The molecule has 32 heavy (non-hydrogen) atoms. The summed E-state index contributed by atoms with van der Waals surface area (Å²) in [5, 5.41) is 2.94. The Morgan fingerprint density at radius 2 is 1.91 bits per heavy atom. The molecule has 1 aromatic heterocycles. The Morgan fingerprint density at radius 1 is 1.09 bits per heavy atom. The van der Waals surface area contributed by atoms with Crippen LogP contribution in [0.4, 0.5) is 0 Å². The minimum atomic E-state index is -0.271. The van der Waals surface area contributed by atoms with E-state index in [0.717, 1.165) is 28.1 Å². The van der Waals surface area contributed by atoms with Crippen LogP contribution in [0.2, 0.25) is 0 Å². The van der Waals surface area contributed by atoms with Crippen LogP contribution < -0.4 is 24.3 Å². The normalized spacial score (nSPS) is 14.3. The quantitative estimate of drug-likeness (QED) is 0.609. The number of methoxy groups -OCH3 is 3. The molecule has 3 aromatic rings. The molecule has 0 saturated heterocycles. The van der Waals surface area contributed by atoms with Crippen LogP contribution in [0.15, 0.2) is 48.7 Å².